The van der Waals surface area contributed by atoms with Gasteiger partial charge in [-0.25, -0.2) is 9.78 Å². The van der Waals surface area contributed by atoms with Gasteiger partial charge in [-0.05, 0) is 52.6 Å². The highest BCUT2D eigenvalue weighted by Crippen LogP contribution is 2.31. The lowest BCUT2D eigenvalue weighted by Crippen LogP contribution is -2.19. The zero-order valence-corrected chi connectivity index (χ0v) is 18.9. The number of carbonyl (C=O) groups excluding carboxylic acids is 1. The van der Waals surface area contributed by atoms with Gasteiger partial charge < -0.3 is 15.4 Å². The minimum atomic E-state index is -0.374. The Labute approximate surface area is 198 Å². The smallest absolute Gasteiger partial charge is 0.325 e. The van der Waals surface area contributed by atoms with Crippen molar-refractivity contribution >= 4 is 50.7 Å². The van der Waals surface area contributed by atoms with Crippen LogP contribution in [-0.2, 0) is 6.61 Å². The molecule has 8 heteroatoms. The number of rotatable bonds is 5. The Hall–Kier alpha value is -3.65. The highest BCUT2D eigenvalue weighted by Gasteiger charge is 2.12. The van der Waals surface area contributed by atoms with Crippen molar-refractivity contribution < 1.29 is 9.90 Å². The van der Waals surface area contributed by atoms with E-state index in [0.717, 1.165) is 38.0 Å². The second kappa shape index (κ2) is 9.07. The van der Waals surface area contributed by atoms with Gasteiger partial charge in [0.1, 0.15) is 0 Å². The predicted octanol–water partition coefficient (Wildman–Crippen LogP) is 6.75. The Morgan fingerprint density at radius 2 is 1.79 bits per heavy atom. The van der Waals surface area contributed by atoms with Gasteiger partial charge in [0.25, 0.3) is 0 Å². The number of nitrogens with zero attached hydrogens (tertiary/aromatic N) is 1. The Morgan fingerprint density at radius 3 is 2.61 bits per heavy atom. The minimum Gasteiger partial charge on any atom is -0.392 e. The van der Waals surface area contributed by atoms with Gasteiger partial charge in [0, 0.05) is 28.3 Å². The van der Waals surface area contributed by atoms with Crippen molar-refractivity contribution in [1.29, 1.82) is 0 Å². The second-order valence-corrected chi connectivity index (χ2v) is 8.90. The number of thiazole rings is 1. The van der Waals surface area contributed by atoms with E-state index in [1.54, 1.807) is 12.4 Å². The van der Waals surface area contributed by atoms with Crippen molar-refractivity contribution in [2.24, 2.45) is 0 Å². The minimum absolute atomic E-state index is 0.0102. The van der Waals surface area contributed by atoms with Gasteiger partial charge in [-0.2, -0.15) is 0 Å². The first kappa shape index (κ1) is 21.2. The molecule has 0 saturated carbocycles. The summed E-state index contributed by atoms with van der Waals surface area (Å²) in [5.41, 5.74) is 5.40. The molecule has 2 heterocycles. The van der Waals surface area contributed by atoms with Crippen molar-refractivity contribution in [2.45, 2.75) is 6.61 Å². The Balaban J connectivity index is 1.33. The van der Waals surface area contributed by atoms with E-state index in [2.05, 4.69) is 20.6 Å². The third-order valence-corrected chi connectivity index (χ3v) is 6.44. The topological polar surface area (TPSA) is 90.0 Å². The van der Waals surface area contributed by atoms with Crippen LogP contribution in [0.1, 0.15) is 5.56 Å². The molecule has 0 aliphatic rings. The number of aromatic nitrogens is 2. The molecule has 164 valence electrons. The molecular formula is C25H19ClN4O2S. The van der Waals surface area contributed by atoms with Gasteiger partial charge in [-0.3, -0.25) is 5.32 Å². The lowest BCUT2D eigenvalue weighted by molar-refractivity contribution is 0.262. The summed E-state index contributed by atoms with van der Waals surface area (Å²) in [7, 11) is 0. The summed E-state index contributed by atoms with van der Waals surface area (Å²) in [6.07, 6.45) is 3.49. The van der Waals surface area contributed by atoms with Crippen LogP contribution in [0.2, 0.25) is 5.02 Å². The SMILES string of the molecule is O=C(Nc1ncc(-c2ccc(Cl)cc2)s1)Nc1c[nH]c2ccc(-c3cccc(CO)c3)cc12. The number of aromatic amines is 1. The molecule has 3 aromatic carbocycles. The highest BCUT2D eigenvalue weighted by atomic mass is 35.5. The molecule has 6 nitrogen and oxygen atoms in total. The normalized spacial score (nSPS) is 11.0. The fourth-order valence-corrected chi connectivity index (χ4v) is 4.53. The fourth-order valence-electron chi connectivity index (χ4n) is 3.58. The molecule has 5 rings (SSSR count). The molecule has 4 N–H and O–H groups in total. The number of anilines is 2. The number of aliphatic hydroxyl groups is 1. The van der Waals surface area contributed by atoms with Gasteiger partial charge in [-0.1, -0.05) is 59.3 Å². The number of aliphatic hydroxyl groups excluding tert-OH is 1. The van der Waals surface area contributed by atoms with Crippen molar-refractivity contribution in [2.75, 3.05) is 10.6 Å². The molecule has 0 bridgehead atoms. The number of benzene rings is 3. The Morgan fingerprint density at radius 1 is 1.00 bits per heavy atom. The van der Waals surface area contributed by atoms with Crippen LogP contribution in [0.5, 0.6) is 0 Å². The maximum absolute atomic E-state index is 12.6. The van der Waals surface area contributed by atoms with E-state index in [4.69, 9.17) is 11.6 Å². The first-order valence-corrected chi connectivity index (χ1v) is 11.4. The van der Waals surface area contributed by atoms with Crippen molar-refractivity contribution in [1.82, 2.24) is 9.97 Å². The fraction of sp³-hybridized carbons (Fsp3) is 0.0400. The zero-order chi connectivity index (χ0) is 22.8. The van der Waals surface area contributed by atoms with Gasteiger partial charge in [0.05, 0.1) is 17.2 Å². The number of carbonyl (C=O) groups is 1. The molecule has 2 amide bonds. The van der Waals surface area contributed by atoms with Crippen molar-refractivity contribution in [3.05, 3.63) is 89.7 Å². The number of amides is 2. The third kappa shape index (κ3) is 4.61. The van der Waals surface area contributed by atoms with Crippen molar-refractivity contribution in [3.8, 4) is 21.6 Å². The monoisotopic (exact) mass is 474 g/mol. The van der Waals surface area contributed by atoms with Gasteiger partial charge in [-0.15, -0.1) is 0 Å². The lowest BCUT2D eigenvalue weighted by Gasteiger charge is -2.07. The largest absolute Gasteiger partial charge is 0.392 e. The number of halogens is 1. The molecule has 0 fully saturated rings. The number of hydrogen-bond donors (Lipinski definition) is 4. The van der Waals surface area contributed by atoms with Crippen LogP contribution < -0.4 is 10.6 Å². The van der Waals surface area contributed by atoms with E-state index in [1.165, 1.54) is 11.3 Å². The molecule has 0 radical (unpaired) electrons. The summed E-state index contributed by atoms with van der Waals surface area (Å²) in [4.78, 5) is 21.1. The summed E-state index contributed by atoms with van der Waals surface area (Å²) in [6, 6.07) is 20.8. The Kier molecular flexibility index (Phi) is 5.83. The van der Waals surface area contributed by atoms with Gasteiger partial charge in [0.15, 0.2) is 5.13 Å². The molecular weight excluding hydrogens is 456 g/mol. The Bertz CT molecular complexity index is 1440. The number of H-pyrrole nitrogens is 1. The highest BCUT2D eigenvalue weighted by molar-refractivity contribution is 7.19. The summed E-state index contributed by atoms with van der Waals surface area (Å²) in [5, 5.41) is 17.2. The number of fused-ring (bicyclic) bond motifs is 1. The summed E-state index contributed by atoms with van der Waals surface area (Å²) >= 11 is 7.34. The first-order chi connectivity index (χ1) is 16.1. The van der Waals surface area contributed by atoms with E-state index in [-0.39, 0.29) is 12.6 Å². The number of hydrogen-bond acceptors (Lipinski definition) is 4. The van der Waals surface area contributed by atoms with E-state index in [0.29, 0.717) is 15.8 Å². The molecule has 2 aromatic heterocycles. The predicted molar refractivity (Wildman–Crippen MR) is 135 cm³/mol. The van der Waals surface area contributed by atoms with Crippen LogP contribution >= 0.6 is 22.9 Å². The molecule has 0 unspecified atom stereocenters. The van der Waals surface area contributed by atoms with Gasteiger partial charge >= 0.3 is 6.03 Å². The van der Waals surface area contributed by atoms with E-state index in [9.17, 15) is 9.90 Å². The molecule has 5 aromatic rings. The average Bonchev–Trinajstić information content (AvgIpc) is 3.46. The summed E-state index contributed by atoms with van der Waals surface area (Å²) < 4.78 is 0. The third-order valence-electron chi connectivity index (χ3n) is 5.23. The van der Waals surface area contributed by atoms with Crippen LogP contribution in [0, 0.1) is 0 Å². The molecule has 0 atom stereocenters. The quantitative estimate of drug-likeness (QED) is 0.227. The first-order valence-electron chi connectivity index (χ1n) is 10.2. The molecule has 0 spiro atoms. The van der Waals surface area contributed by atoms with Crippen LogP contribution in [-0.4, -0.2) is 21.1 Å². The molecule has 0 aliphatic carbocycles. The zero-order valence-electron chi connectivity index (χ0n) is 17.3. The van der Waals surface area contributed by atoms with Crippen molar-refractivity contribution in [3.63, 3.8) is 0 Å². The molecule has 33 heavy (non-hydrogen) atoms. The second-order valence-electron chi connectivity index (χ2n) is 7.44. The van der Waals surface area contributed by atoms with Crippen LogP contribution in [0.25, 0.3) is 32.5 Å². The lowest BCUT2D eigenvalue weighted by atomic mass is 10.0. The van der Waals surface area contributed by atoms with Crippen LogP contribution in [0.15, 0.2) is 79.1 Å². The van der Waals surface area contributed by atoms with E-state index in [1.807, 2.05) is 66.7 Å². The maximum atomic E-state index is 12.6. The number of urea groups is 1. The molecule has 0 saturated heterocycles. The average molecular weight is 475 g/mol. The molecule has 0 aliphatic heterocycles. The summed E-state index contributed by atoms with van der Waals surface area (Å²) in [5.74, 6) is 0. The van der Waals surface area contributed by atoms with Crippen LogP contribution in [0.3, 0.4) is 0 Å². The number of nitrogens with one attached hydrogen (secondary N) is 3. The summed E-state index contributed by atoms with van der Waals surface area (Å²) in [6.45, 7) is -0.0102. The van der Waals surface area contributed by atoms with E-state index >= 15 is 0 Å². The van der Waals surface area contributed by atoms with E-state index < -0.39 is 0 Å². The maximum Gasteiger partial charge on any atom is 0.325 e. The standard InChI is InChI=1S/C25H19ClN4O2S/c26-19-7-4-16(5-8-19)23-13-28-25(33-23)30-24(32)29-22-12-27-21-9-6-18(11-20(21)22)17-3-1-2-15(10-17)14-31/h1-13,27,31H,14H2,(H2,28,29,30,32). The van der Waals surface area contributed by atoms with Gasteiger partial charge in [0.2, 0.25) is 0 Å². The van der Waals surface area contributed by atoms with Crippen LogP contribution in [0.4, 0.5) is 15.6 Å².